The summed E-state index contributed by atoms with van der Waals surface area (Å²) in [5.74, 6) is -0.453. The zero-order valence-corrected chi connectivity index (χ0v) is 4.79. The van der Waals surface area contributed by atoms with Gasteiger partial charge in [-0.15, -0.1) is 0 Å². The van der Waals surface area contributed by atoms with Gasteiger partial charge in [-0.25, -0.2) is 0 Å². The van der Waals surface area contributed by atoms with E-state index in [1.54, 1.807) is 6.20 Å². The van der Waals surface area contributed by atoms with Crippen LogP contribution in [0.25, 0.3) is 0 Å². The fourth-order valence-corrected chi connectivity index (χ4v) is 0.524. The Balaban J connectivity index is 2.69. The molecular formula is C5H7N3O. The Morgan fingerprint density at radius 2 is 2.67 bits per heavy atom. The van der Waals surface area contributed by atoms with Crippen LogP contribution in [0.2, 0.25) is 0 Å². The molecule has 1 aliphatic rings. The van der Waals surface area contributed by atoms with Crippen molar-refractivity contribution in [1.29, 1.82) is 0 Å². The smallest absolute Gasteiger partial charge is 0.251 e. The number of primary amides is 1. The van der Waals surface area contributed by atoms with Crippen LogP contribution in [0.15, 0.2) is 16.8 Å². The lowest BCUT2D eigenvalue weighted by Gasteiger charge is -2.02. The molecule has 0 fully saturated rings. The van der Waals surface area contributed by atoms with E-state index < -0.39 is 5.91 Å². The second-order valence-corrected chi connectivity index (χ2v) is 1.64. The number of hydrogen-bond acceptors (Lipinski definition) is 3. The Morgan fingerprint density at radius 3 is 3.00 bits per heavy atom. The highest BCUT2D eigenvalue weighted by atomic mass is 16.1. The Kier molecular flexibility index (Phi) is 1.48. The van der Waals surface area contributed by atoms with E-state index in [0.717, 1.165) is 0 Å². The Hall–Kier alpha value is -1.32. The summed E-state index contributed by atoms with van der Waals surface area (Å²) in [5.41, 5.74) is 5.35. The number of nitrogens with one attached hydrogen (secondary N) is 1. The number of carbonyl (C=O) groups excluding carboxylic acids is 1. The lowest BCUT2D eigenvalue weighted by atomic mass is 10.3. The summed E-state index contributed by atoms with van der Waals surface area (Å²) in [4.78, 5) is 14.2. The minimum absolute atomic E-state index is 0.418. The Labute approximate surface area is 52.5 Å². The molecule has 48 valence electrons. The lowest BCUT2D eigenvalue weighted by Crippen LogP contribution is -2.21. The van der Waals surface area contributed by atoms with Crippen LogP contribution < -0.4 is 11.1 Å². The molecule has 1 amide bonds. The van der Waals surface area contributed by atoms with E-state index in [2.05, 4.69) is 10.3 Å². The molecule has 4 nitrogen and oxygen atoms in total. The van der Waals surface area contributed by atoms with Crippen LogP contribution in [0.4, 0.5) is 0 Å². The van der Waals surface area contributed by atoms with Gasteiger partial charge in [-0.1, -0.05) is 0 Å². The number of nitrogens with zero attached hydrogens (tertiary/aromatic N) is 1. The first-order valence-corrected chi connectivity index (χ1v) is 2.54. The van der Waals surface area contributed by atoms with Gasteiger partial charge in [0.1, 0.15) is 6.67 Å². The Morgan fingerprint density at radius 1 is 1.89 bits per heavy atom. The molecule has 0 atom stereocenters. The van der Waals surface area contributed by atoms with E-state index in [1.807, 2.05) is 0 Å². The average molecular weight is 125 g/mol. The summed E-state index contributed by atoms with van der Waals surface area (Å²) in [5, 5.41) is 2.76. The van der Waals surface area contributed by atoms with Gasteiger partial charge in [0.25, 0.3) is 5.91 Å². The number of carbonyl (C=O) groups is 1. The van der Waals surface area contributed by atoms with Gasteiger partial charge in [-0.3, -0.25) is 9.79 Å². The number of amides is 1. The number of hydrogen-bond donors (Lipinski definition) is 2. The molecule has 0 aromatic heterocycles. The second kappa shape index (κ2) is 2.30. The van der Waals surface area contributed by atoms with E-state index in [-0.39, 0.29) is 0 Å². The van der Waals surface area contributed by atoms with Crippen LogP contribution in [-0.2, 0) is 4.79 Å². The van der Waals surface area contributed by atoms with Crippen LogP contribution in [0, 0.1) is 0 Å². The van der Waals surface area contributed by atoms with Crippen molar-refractivity contribution in [3.63, 3.8) is 0 Å². The van der Waals surface area contributed by atoms with Gasteiger partial charge >= 0.3 is 0 Å². The first kappa shape index (κ1) is 5.81. The van der Waals surface area contributed by atoms with Crippen LogP contribution in [0.1, 0.15) is 0 Å². The minimum atomic E-state index is -0.453. The first-order valence-electron chi connectivity index (χ1n) is 2.54. The molecule has 0 unspecified atom stereocenters. The van der Waals surface area contributed by atoms with Crippen molar-refractivity contribution in [3.8, 4) is 0 Å². The van der Waals surface area contributed by atoms with E-state index in [4.69, 9.17) is 5.73 Å². The fraction of sp³-hybridized carbons (Fsp3) is 0.200. The highest BCUT2D eigenvalue weighted by Crippen LogP contribution is 1.89. The molecule has 1 aliphatic heterocycles. The molecule has 0 saturated heterocycles. The van der Waals surface area contributed by atoms with Gasteiger partial charge < -0.3 is 11.1 Å². The van der Waals surface area contributed by atoms with E-state index in [1.165, 1.54) is 6.21 Å². The van der Waals surface area contributed by atoms with Gasteiger partial charge in [0.05, 0.1) is 5.57 Å². The quantitative estimate of drug-likeness (QED) is 0.471. The van der Waals surface area contributed by atoms with E-state index >= 15 is 0 Å². The predicted octanol–water partition coefficient (Wildman–Crippen LogP) is -1.01. The van der Waals surface area contributed by atoms with Crippen molar-refractivity contribution >= 4 is 12.1 Å². The predicted molar refractivity (Wildman–Crippen MR) is 33.8 cm³/mol. The molecule has 9 heavy (non-hydrogen) atoms. The molecule has 3 N–H and O–H groups in total. The van der Waals surface area contributed by atoms with Gasteiger partial charge in [-0.05, 0) is 0 Å². The summed E-state index contributed by atoms with van der Waals surface area (Å²) in [6, 6.07) is 0. The second-order valence-electron chi connectivity index (χ2n) is 1.64. The summed E-state index contributed by atoms with van der Waals surface area (Å²) in [7, 11) is 0. The number of aliphatic imine (C=N–C) groups is 1. The SMILES string of the molecule is NC(=O)C1=CNCN=C1. The summed E-state index contributed by atoms with van der Waals surface area (Å²) in [6.45, 7) is 0.525. The highest BCUT2D eigenvalue weighted by molar-refractivity contribution is 6.11. The average Bonchev–Trinajstić information content (AvgIpc) is 1.90. The van der Waals surface area contributed by atoms with Crippen molar-refractivity contribution in [2.45, 2.75) is 0 Å². The third-order valence-corrected chi connectivity index (χ3v) is 0.955. The topological polar surface area (TPSA) is 67.5 Å². The summed E-state index contributed by atoms with van der Waals surface area (Å²) in [6.07, 6.45) is 3.01. The standard InChI is InChI=1S/C5H7N3O/c6-5(9)4-1-7-3-8-2-4/h1-2,7H,3H2,(H2,6,9). The zero-order valence-electron chi connectivity index (χ0n) is 4.79. The monoisotopic (exact) mass is 125 g/mol. The summed E-state index contributed by atoms with van der Waals surface area (Å²) < 4.78 is 0. The zero-order chi connectivity index (χ0) is 6.69. The molecule has 0 saturated carbocycles. The van der Waals surface area contributed by atoms with Crippen LogP contribution in [0.3, 0.4) is 0 Å². The van der Waals surface area contributed by atoms with Crippen molar-refractivity contribution in [2.75, 3.05) is 6.67 Å². The largest absolute Gasteiger partial charge is 0.372 e. The molecule has 0 aromatic carbocycles. The summed E-state index contributed by atoms with van der Waals surface area (Å²) >= 11 is 0. The molecule has 0 spiro atoms. The van der Waals surface area contributed by atoms with Gasteiger partial charge in [0, 0.05) is 12.4 Å². The maximum Gasteiger partial charge on any atom is 0.251 e. The third kappa shape index (κ3) is 1.28. The number of rotatable bonds is 1. The molecule has 1 heterocycles. The third-order valence-electron chi connectivity index (χ3n) is 0.955. The van der Waals surface area contributed by atoms with E-state index in [9.17, 15) is 4.79 Å². The minimum Gasteiger partial charge on any atom is -0.372 e. The maximum atomic E-state index is 10.4. The lowest BCUT2D eigenvalue weighted by molar-refractivity contribution is -0.114. The van der Waals surface area contributed by atoms with Crippen molar-refractivity contribution in [2.24, 2.45) is 10.7 Å². The van der Waals surface area contributed by atoms with Crippen molar-refractivity contribution < 1.29 is 4.79 Å². The van der Waals surface area contributed by atoms with Gasteiger partial charge in [0.2, 0.25) is 0 Å². The van der Waals surface area contributed by atoms with Crippen LogP contribution in [0.5, 0.6) is 0 Å². The van der Waals surface area contributed by atoms with Crippen LogP contribution >= 0.6 is 0 Å². The number of nitrogens with two attached hydrogens (primary N) is 1. The fourth-order valence-electron chi connectivity index (χ4n) is 0.524. The molecule has 0 aliphatic carbocycles. The molecule has 4 heteroatoms. The first-order chi connectivity index (χ1) is 4.30. The maximum absolute atomic E-state index is 10.4. The van der Waals surface area contributed by atoms with Crippen LogP contribution in [-0.4, -0.2) is 18.8 Å². The molecule has 0 bridgehead atoms. The molecule has 0 radical (unpaired) electrons. The normalized spacial score (nSPS) is 16.2. The van der Waals surface area contributed by atoms with E-state index in [0.29, 0.717) is 12.2 Å². The van der Waals surface area contributed by atoms with Crippen molar-refractivity contribution in [3.05, 3.63) is 11.8 Å². The molecular weight excluding hydrogens is 118 g/mol. The Bertz CT molecular complexity index is 183. The van der Waals surface area contributed by atoms with Crippen molar-refractivity contribution in [1.82, 2.24) is 5.32 Å². The molecule has 0 aromatic rings. The molecule has 1 rings (SSSR count). The van der Waals surface area contributed by atoms with Gasteiger partial charge in [0.15, 0.2) is 0 Å². The highest BCUT2D eigenvalue weighted by Gasteiger charge is 2.01. The van der Waals surface area contributed by atoms with Gasteiger partial charge in [-0.2, -0.15) is 0 Å².